The van der Waals surface area contributed by atoms with Crippen molar-refractivity contribution in [3.63, 3.8) is 0 Å². The zero-order chi connectivity index (χ0) is 14.3. The van der Waals surface area contributed by atoms with Crippen molar-refractivity contribution in [1.29, 1.82) is 0 Å². The van der Waals surface area contributed by atoms with Crippen molar-refractivity contribution >= 4 is 11.6 Å². The highest BCUT2D eigenvalue weighted by atomic mass is 35.5. The van der Waals surface area contributed by atoms with Crippen LogP contribution in [0.15, 0.2) is 18.2 Å². The zero-order valence-electron chi connectivity index (χ0n) is 11.5. The fourth-order valence-electron chi connectivity index (χ4n) is 1.86. The van der Waals surface area contributed by atoms with Crippen molar-refractivity contribution in [2.45, 2.75) is 33.2 Å². The summed E-state index contributed by atoms with van der Waals surface area (Å²) in [7, 11) is 0. The maximum absolute atomic E-state index is 13.9. The molecule has 1 aromatic rings. The van der Waals surface area contributed by atoms with Gasteiger partial charge in [-0.3, -0.25) is 0 Å². The molecular formula is C14H20ClFO3. The van der Waals surface area contributed by atoms with Crippen LogP contribution in [0, 0.1) is 5.82 Å². The van der Waals surface area contributed by atoms with Gasteiger partial charge in [0.05, 0.1) is 6.42 Å². The molecule has 1 aromatic carbocycles. The van der Waals surface area contributed by atoms with Crippen LogP contribution in [0.2, 0.25) is 5.02 Å². The molecule has 0 saturated heterocycles. The highest BCUT2D eigenvalue weighted by Crippen LogP contribution is 2.28. The van der Waals surface area contributed by atoms with E-state index < -0.39 is 11.8 Å². The number of halogens is 2. The summed E-state index contributed by atoms with van der Waals surface area (Å²) in [6.07, 6.45) is 0.105. The smallest absolute Gasteiger partial charge is 0.287 e. The Hall–Kier alpha value is -0.680. The minimum absolute atomic E-state index is 0.105. The SMILES string of the molecule is CCOC(Cc1c(F)cccc1Cl)(OCC)OCC. The molecule has 0 bridgehead atoms. The molecule has 3 nitrogen and oxygen atoms in total. The first-order valence-corrected chi connectivity index (χ1v) is 6.81. The van der Waals surface area contributed by atoms with E-state index in [1.54, 1.807) is 12.1 Å². The van der Waals surface area contributed by atoms with E-state index in [9.17, 15) is 4.39 Å². The second kappa shape index (κ2) is 7.80. The summed E-state index contributed by atoms with van der Waals surface area (Å²) in [5, 5.41) is 0.337. The first-order chi connectivity index (χ1) is 9.08. The van der Waals surface area contributed by atoms with Crippen LogP contribution in [0.3, 0.4) is 0 Å². The van der Waals surface area contributed by atoms with Crippen molar-refractivity contribution in [1.82, 2.24) is 0 Å². The molecule has 0 aromatic heterocycles. The second-order valence-electron chi connectivity index (χ2n) is 3.86. The molecule has 0 fully saturated rings. The quantitative estimate of drug-likeness (QED) is 0.682. The van der Waals surface area contributed by atoms with Crippen molar-refractivity contribution in [3.8, 4) is 0 Å². The van der Waals surface area contributed by atoms with Crippen molar-refractivity contribution in [2.24, 2.45) is 0 Å². The fraction of sp³-hybridized carbons (Fsp3) is 0.571. The van der Waals surface area contributed by atoms with Crippen LogP contribution < -0.4 is 0 Å². The first kappa shape index (κ1) is 16.4. The average Bonchev–Trinajstić information content (AvgIpc) is 2.35. The van der Waals surface area contributed by atoms with Crippen LogP contribution in [0.1, 0.15) is 26.3 Å². The third-order valence-corrected chi connectivity index (χ3v) is 2.90. The van der Waals surface area contributed by atoms with E-state index in [1.807, 2.05) is 20.8 Å². The Morgan fingerprint density at radius 3 is 2.00 bits per heavy atom. The topological polar surface area (TPSA) is 27.7 Å². The average molecular weight is 291 g/mol. The van der Waals surface area contributed by atoms with Crippen LogP contribution in [-0.2, 0) is 20.6 Å². The van der Waals surface area contributed by atoms with E-state index in [-0.39, 0.29) is 6.42 Å². The molecule has 0 heterocycles. The molecule has 0 spiro atoms. The van der Waals surface area contributed by atoms with E-state index in [1.165, 1.54) is 6.07 Å². The van der Waals surface area contributed by atoms with Gasteiger partial charge in [0.25, 0.3) is 5.97 Å². The highest BCUT2D eigenvalue weighted by Gasteiger charge is 2.34. The van der Waals surface area contributed by atoms with Crippen LogP contribution in [-0.4, -0.2) is 25.8 Å². The zero-order valence-corrected chi connectivity index (χ0v) is 12.3. The van der Waals surface area contributed by atoms with Crippen molar-refractivity contribution in [2.75, 3.05) is 19.8 Å². The molecule has 0 N–H and O–H groups in total. The van der Waals surface area contributed by atoms with Gasteiger partial charge in [0.15, 0.2) is 0 Å². The predicted molar refractivity (Wildman–Crippen MR) is 72.7 cm³/mol. The molecule has 108 valence electrons. The van der Waals surface area contributed by atoms with Gasteiger partial charge >= 0.3 is 0 Å². The standard InChI is InChI=1S/C14H20ClFO3/c1-4-17-14(18-5-2,19-6-3)10-11-12(15)8-7-9-13(11)16/h7-9H,4-6,10H2,1-3H3. The Kier molecular flexibility index (Phi) is 6.72. The molecule has 0 unspecified atom stereocenters. The van der Waals surface area contributed by atoms with Crippen molar-refractivity contribution in [3.05, 3.63) is 34.6 Å². The summed E-state index contributed by atoms with van der Waals surface area (Å²) < 4.78 is 30.5. The largest absolute Gasteiger partial charge is 0.327 e. The van der Waals surface area contributed by atoms with E-state index in [0.717, 1.165) is 0 Å². The molecule has 5 heteroatoms. The maximum Gasteiger partial charge on any atom is 0.287 e. The van der Waals surface area contributed by atoms with Gasteiger partial charge < -0.3 is 14.2 Å². The number of hydrogen-bond donors (Lipinski definition) is 0. The molecule has 19 heavy (non-hydrogen) atoms. The van der Waals surface area contributed by atoms with Gasteiger partial charge in [-0.15, -0.1) is 0 Å². The predicted octanol–water partition coefficient (Wildman–Crippen LogP) is 3.78. The van der Waals surface area contributed by atoms with Crippen LogP contribution in [0.4, 0.5) is 4.39 Å². The van der Waals surface area contributed by atoms with Gasteiger partial charge in [-0.05, 0) is 32.9 Å². The molecule has 0 amide bonds. The molecule has 0 atom stereocenters. The second-order valence-corrected chi connectivity index (χ2v) is 4.27. The fourth-order valence-corrected chi connectivity index (χ4v) is 2.09. The monoisotopic (exact) mass is 290 g/mol. The van der Waals surface area contributed by atoms with E-state index >= 15 is 0 Å². The van der Waals surface area contributed by atoms with E-state index in [0.29, 0.717) is 30.4 Å². The van der Waals surface area contributed by atoms with Crippen molar-refractivity contribution < 1.29 is 18.6 Å². The summed E-state index contributed by atoms with van der Waals surface area (Å²) in [6.45, 7) is 6.67. The lowest BCUT2D eigenvalue weighted by Gasteiger charge is -2.32. The van der Waals surface area contributed by atoms with Gasteiger partial charge in [0, 0.05) is 30.4 Å². The normalized spacial score (nSPS) is 11.8. The highest BCUT2D eigenvalue weighted by molar-refractivity contribution is 6.31. The lowest BCUT2D eigenvalue weighted by atomic mass is 10.1. The molecule has 0 saturated carbocycles. The lowest BCUT2D eigenvalue weighted by Crippen LogP contribution is -2.42. The van der Waals surface area contributed by atoms with E-state index in [4.69, 9.17) is 25.8 Å². The van der Waals surface area contributed by atoms with Crippen LogP contribution in [0.25, 0.3) is 0 Å². The molecule has 0 aliphatic rings. The Balaban J connectivity index is 3.04. The number of benzene rings is 1. The Morgan fingerprint density at radius 2 is 1.58 bits per heavy atom. The molecule has 0 radical (unpaired) electrons. The Bertz CT molecular complexity index is 361. The molecule has 0 aliphatic carbocycles. The molecule has 1 rings (SSSR count). The van der Waals surface area contributed by atoms with Gasteiger partial charge in [0.1, 0.15) is 5.82 Å². The van der Waals surface area contributed by atoms with Gasteiger partial charge in [-0.2, -0.15) is 0 Å². The lowest BCUT2D eigenvalue weighted by molar-refractivity contribution is -0.376. The maximum atomic E-state index is 13.9. The number of hydrogen-bond acceptors (Lipinski definition) is 3. The third kappa shape index (κ3) is 4.42. The number of ether oxygens (including phenoxy) is 3. The third-order valence-electron chi connectivity index (χ3n) is 2.55. The summed E-state index contributed by atoms with van der Waals surface area (Å²) in [4.78, 5) is 0. The van der Waals surface area contributed by atoms with Gasteiger partial charge in [-0.1, -0.05) is 17.7 Å². The molecule has 0 aliphatic heterocycles. The summed E-state index contributed by atoms with van der Waals surface area (Å²) >= 11 is 6.03. The van der Waals surface area contributed by atoms with Gasteiger partial charge in [-0.25, -0.2) is 4.39 Å². The molecular weight excluding hydrogens is 271 g/mol. The van der Waals surface area contributed by atoms with E-state index in [2.05, 4.69) is 0 Å². The summed E-state index contributed by atoms with van der Waals surface area (Å²) in [5.74, 6) is -1.68. The van der Waals surface area contributed by atoms with Crippen LogP contribution >= 0.6 is 11.6 Å². The Labute approximate surface area is 118 Å². The first-order valence-electron chi connectivity index (χ1n) is 6.43. The number of rotatable bonds is 8. The minimum atomic E-state index is -1.29. The van der Waals surface area contributed by atoms with Crippen LogP contribution in [0.5, 0.6) is 0 Å². The minimum Gasteiger partial charge on any atom is -0.327 e. The van der Waals surface area contributed by atoms with Gasteiger partial charge in [0.2, 0.25) is 0 Å². The summed E-state index contributed by atoms with van der Waals surface area (Å²) in [5.41, 5.74) is 0.333. The Morgan fingerprint density at radius 1 is 1.05 bits per heavy atom. The summed E-state index contributed by atoms with van der Waals surface area (Å²) in [6, 6.07) is 4.55.